The molecular weight excluding hydrogens is 506 g/mol. The highest BCUT2D eigenvalue weighted by atomic mass is 35.5. The standard InChI is InChI=1S/C33H40ClN3O2/c1-3-4-31(38)26-9-8-24-16-19-37(20-17-25(24)21-26)18-15-23-6-10-27(11-7-23)36-33(39)29-13-14-30(34)32-28(29)12-5-22(2)35-32/h5,8-9,12-14,21,23,27H,3-4,6-7,10-11,15-20H2,1-2H3,(H,36,39)/t23-,27-. The Kier molecular flexibility index (Phi) is 8.99. The molecule has 0 spiro atoms. The van der Waals surface area contributed by atoms with Crippen LogP contribution in [0.3, 0.4) is 0 Å². The lowest BCUT2D eigenvalue weighted by Crippen LogP contribution is -2.38. The van der Waals surface area contributed by atoms with Crippen molar-refractivity contribution < 1.29 is 9.59 Å². The lowest BCUT2D eigenvalue weighted by Gasteiger charge is -2.31. The first-order valence-electron chi connectivity index (χ1n) is 14.7. The maximum atomic E-state index is 13.1. The number of pyridine rings is 1. The Morgan fingerprint density at radius 2 is 1.77 bits per heavy atom. The summed E-state index contributed by atoms with van der Waals surface area (Å²) in [5.41, 5.74) is 5.86. The van der Waals surface area contributed by atoms with Crippen molar-refractivity contribution in [1.82, 2.24) is 15.2 Å². The minimum absolute atomic E-state index is 0.0329. The molecule has 0 atom stereocenters. The van der Waals surface area contributed by atoms with E-state index in [2.05, 4.69) is 34.3 Å². The monoisotopic (exact) mass is 545 g/mol. The van der Waals surface area contributed by atoms with Gasteiger partial charge in [0.15, 0.2) is 5.78 Å². The Balaban J connectivity index is 1.09. The van der Waals surface area contributed by atoms with Gasteiger partial charge in [-0.1, -0.05) is 36.7 Å². The van der Waals surface area contributed by atoms with Crippen LogP contribution in [0.2, 0.25) is 5.02 Å². The predicted molar refractivity (Wildman–Crippen MR) is 159 cm³/mol. The number of nitrogens with one attached hydrogen (secondary N) is 1. The molecule has 1 N–H and O–H groups in total. The van der Waals surface area contributed by atoms with E-state index >= 15 is 0 Å². The van der Waals surface area contributed by atoms with Crippen molar-refractivity contribution in [1.29, 1.82) is 0 Å². The number of aryl methyl sites for hydroxylation is 1. The zero-order valence-corrected chi connectivity index (χ0v) is 24.0. The van der Waals surface area contributed by atoms with Gasteiger partial charge in [0.1, 0.15) is 0 Å². The van der Waals surface area contributed by atoms with E-state index in [4.69, 9.17) is 11.6 Å². The topological polar surface area (TPSA) is 62.3 Å². The molecule has 0 bridgehead atoms. The number of benzene rings is 2. The van der Waals surface area contributed by atoms with Crippen molar-refractivity contribution in [3.63, 3.8) is 0 Å². The van der Waals surface area contributed by atoms with Crippen molar-refractivity contribution in [2.45, 2.75) is 77.7 Å². The first kappa shape index (κ1) is 27.8. The zero-order chi connectivity index (χ0) is 27.4. The molecule has 2 aromatic carbocycles. The van der Waals surface area contributed by atoms with E-state index in [9.17, 15) is 9.59 Å². The summed E-state index contributed by atoms with van der Waals surface area (Å²) in [6.07, 6.45) is 9.19. The van der Waals surface area contributed by atoms with Crippen LogP contribution in [0.5, 0.6) is 0 Å². The largest absolute Gasteiger partial charge is 0.349 e. The van der Waals surface area contributed by atoms with Crippen molar-refractivity contribution >= 4 is 34.2 Å². The van der Waals surface area contributed by atoms with Gasteiger partial charge in [0.2, 0.25) is 0 Å². The van der Waals surface area contributed by atoms with Gasteiger partial charge < -0.3 is 10.2 Å². The summed E-state index contributed by atoms with van der Waals surface area (Å²) in [6.45, 7) is 7.26. The first-order chi connectivity index (χ1) is 18.9. The second kappa shape index (κ2) is 12.6. The summed E-state index contributed by atoms with van der Waals surface area (Å²) in [6, 6.07) is 14.0. The highest BCUT2D eigenvalue weighted by molar-refractivity contribution is 6.35. The molecule has 6 heteroatoms. The van der Waals surface area contributed by atoms with Crippen LogP contribution in [0.15, 0.2) is 42.5 Å². The van der Waals surface area contributed by atoms with Crippen molar-refractivity contribution in [3.05, 3.63) is 75.4 Å². The molecule has 1 aliphatic heterocycles. The molecular formula is C33H40ClN3O2. The van der Waals surface area contributed by atoms with Crippen molar-refractivity contribution in [2.75, 3.05) is 19.6 Å². The molecule has 0 unspecified atom stereocenters. The Hall–Kier alpha value is -2.76. The number of ketones is 1. The van der Waals surface area contributed by atoms with E-state index in [1.54, 1.807) is 6.07 Å². The maximum absolute atomic E-state index is 13.1. The fraction of sp³-hybridized carbons (Fsp3) is 0.485. The summed E-state index contributed by atoms with van der Waals surface area (Å²) in [5, 5.41) is 4.66. The van der Waals surface area contributed by atoms with Crippen LogP contribution in [-0.4, -0.2) is 47.3 Å². The third kappa shape index (κ3) is 6.70. The van der Waals surface area contributed by atoms with E-state index in [0.717, 1.165) is 81.2 Å². The molecule has 2 heterocycles. The Labute approximate surface area is 237 Å². The number of nitrogens with zero attached hydrogens (tertiary/aromatic N) is 2. The summed E-state index contributed by atoms with van der Waals surface area (Å²) in [7, 11) is 0. The normalized spacial score (nSPS) is 19.9. The number of Topliss-reactive ketones (excluding diaryl/α,β-unsaturated/α-hetero) is 1. The molecule has 1 saturated carbocycles. The van der Waals surface area contributed by atoms with E-state index in [-0.39, 0.29) is 17.7 Å². The third-order valence-electron chi connectivity index (χ3n) is 8.63. The molecule has 1 amide bonds. The van der Waals surface area contributed by atoms with Gasteiger partial charge in [0.25, 0.3) is 5.91 Å². The number of fused-ring (bicyclic) bond motifs is 2. The molecule has 5 nitrogen and oxygen atoms in total. The SMILES string of the molecule is CCCC(=O)c1ccc2c(c1)CCN(CC[C@H]1CC[C@H](NC(=O)c3ccc(Cl)c4nc(C)ccc34)CC1)CC2. The van der Waals surface area contributed by atoms with Crippen LogP contribution in [0, 0.1) is 12.8 Å². The predicted octanol–water partition coefficient (Wildman–Crippen LogP) is 6.96. The number of carbonyl (C=O) groups excluding carboxylic acids is 2. The van der Waals surface area contributed by atoms with Gasteiger partial charge in [-0.3, -0.25) is 14.6 Å². The van der Waals surface area contributed by atoms with Crippen LogP contribution in [0.1, 0.15) is 89.4 Å². The summed E-state index contributed by atoms with van der Waals surface area (Å²) >= 11 is 6.35. The zero-order valence-electron chi connectivity index (χ0n) is 23.3. The van der Waals surface area contributed by atoms with Gasteiger partial charge in [-0.25, -0.2) is 0 Å². The fourth-order valence-electron chi connectivity index (χ4n) is 6.24. The lowest BCUT2D eigenvalue weighted by atomic mass is 9.84. The van der Waals surface area contributed by atoms with E-state index in [1.807, 2.05) is 31.2 Å². The minimum Gasteiger partial charge on any atom is -0.349 e. The third-order valence-corrected chi connectivity index (χ3v) is 8.93. The molecule has 1 aromatic heterocycles. The Morgan fingerprint density at radius 3 is 2.54 bits per heavy atom. The molecule has 5 rings (SSSR count). The van der Waals surface area contributed by atoms with Crippen molar-refractivity contribution in [2.24, 2.45) is 5.92 Å². The average molecular weight is 546 g/mol. The van der Waals surface area contributed by atoms with E-state index in [1.165, 1.54) is 17.5 Å². The summed E-state index contributed by atoms with van der Waals surface area (Å²) in [5.74, 6) is 0.946. The first-order valence-corrected chi connectivity index (χ1v) is 15.0. The highest BCUT2D eigenvalue weighted by Crippen LogP contribution is 2.29. The van der Waals surface area contributed by atoms with Crippen molar-refractivity contribution in [3.8, 4) is 0 Å². The van der Waals surface area contributed by atoms with E-state index < -0.39 is 0 Å². The number of hydrogen-bond donors (Lipinski definition) is 1. The Morgan fingerprint density at radius 1 is 1.00 bits per heavy atom. The molecule has 0 radical (unpaired) electrons. The van der Waals surface area contributed by atoms with Crippen LogP contribution < -0.4 is 5.32 Å². The number of halogens is 1. The van der Waals surface area contributed by atoms with Gasteiger partial charge in [-0.2, -0.15) is 0 Å². The van der Waals surface area contributed by atoms with E-state index in [0.29, 0.717) is 28.4 Å². The molecule has 39 heavy (non-hydrogen) atoms. The fourth-order valence-corrected chi connectivity index (χ4v) is 6.45. The quantitative estimate of drug-likeness (QED) is 0.311. The number of amides is 1. The van der Waals surface area contributed by atoms with Crippen LogP contribution in [0.4, 0.5) is 0 Å². The van der Waals surface area contributed by atoms with Crippen LogP contribution in [0.25, 0.3) is 10.9 Å². The number of aromatic nitrogens is 1. The highest BCUT2D eigenvalue weighted by Gasteiger charge is 2.25. The number of carbonyl (C=O) groups is 2. The van der Waals surface area contributed by atoms with Gasteiger partial charge in [-0.05, 0) is 106 Å². The number of rotatable bonds is 8. The molecule has 1 aliphatic carbocycles. The average Bonchev–Trinajstić information content (AvgIpc) is 3.15. The molecule has 0 saturated heterocycles. The van der Waals surface area contributed by atoms with Gasteiger partial charge in [0.05, 0.1) is 10.5 Å². The molecule has 1 fully saturated rings. The molecule has 2 aliphatic rings. The smallest absolute Gasteiger partial charge is 0.252 e. The second-order valence-corrected chi connectivity index (χ2v) is 11.8. The minimum atomic E-state index is -0.0329. The summed E-state index contributed by atoms with van der Waals surface area (Å²) < 4.78 is 0. The van der Waals surface area contributed by atoms with Gasteiger partial charge >= 0.3 is 0 Å². The maximum Gasteiger partial charge on any atom is 0.252 e. The Bertz CT molecular complexity index is 1350. The van der Waals surface area contributed by atoms with Crippen LogP contribution >= 0.6 is 11.6 Å². The van der Waals surface area contributed by atoms with Gasteiger partial charge in [-0.15, -0.1) is 0 Å². The lowest BCUT2D eigenvalue weighted by molar-refractivity contribution is 0.0920. The molecule has 3 aromatic rings. The second-order valence-electron chi connectivity index (χ2n) is 11.4. The van der Waals surface area contributed by atoms with Crippen LogP contribution in [-0.2, 0) is 12.8 Å². The molecule has 206 valence electrons. The van der Waals surface area contributed by atoms with Gasteiger partial charge in [0, 0.05) is 47.8 Å². The number of hydrogen-bond acceptors (Lipinski definition) is 4. The summed E-state index contributed by atoms with van der Waals surface area (Å²) in [4.78, 5) is 32.6.